The van der Waals surface area contributed by atoms with Gasteiger partial charge in [-0.25, -0.2) is 0 Å². The Morgan fingerprint density at radius 3 is 2.54 bits per heavy atom. The van der Waals surface area contributed by atoms with E-state index in [0.717, 1.165) is 41.3 Å². The first-order chi connectivity index (χ1) is 11.5. The minimum atomic E-state index is 0.252. The van der Waals surface area contributed by atoms with Crippen LogP contribution in [0.3, 0.4) is 0 Å². The third-order valence-corrected chi connectivity index (χ3v) is 4.44. The summed E-state index contributed by atoms with van der Waals surface area (Å²) in [5.74, 6) is 1.50. The molecule has 0 radical (unpaired) electrons. The van der Waals surface area contributed by atoms with E-state index in [1.807, 2.05) is 32.3 Å². The van der Waals surface area contributed by atoms with Gasteiger partial charge in [-0.1, -0.05) is 29.3 Å². The van der Waals surface area contributed by atoms with Crippen LogP contribution in [0.5, 0.6) is 11.5 Å². The Hall–Kier alpha value is -1.75. The predicted octanol–water partition coefficient (Wildman–Crippen LogP) is 4.58. The molecule has 4 nitrogen and oxygen atoms in total. The number of ether oxygens (including phenoxy) is 2. The van der Waals surface area contributed by atoms with Crippen LogP contribution >= 0.6 is 23.2 Å². The molecule has 0 fully saturated rings. The first kappa shape index (κ1) is 17.1. The van der Waals surface area contributed by atoms with E-state index in [1.54, 1.807) is 18.3 Å². The molecule has 2 aromatic rings. The second kappa shape index (κ2) is 7.43. The topological polar surface area (TPSA) is 34.1 Å². The first-order valence-electron chi connectivity index (χ1n) is 7.59. The molecule has 0 N–H and O–H groups in total. The van der Waals surface area contributed by atoms with Crippen molar-refractivity contribution in [1.82, 2.24) is 4.90 Å². The minimum absolute atomic E-state index is 0.252. The number of hydrogen-bond donors (Lipinski definition) is 0. The molecule has 0 amide bonds. The Labute approximate surface area is 151 Å². The molecule has 0 saturated heterocycles. The van der Waals surface area contributed by atoms with Gasteiger partial charge in [-0.3, -0.25) is 4.99 Å². The zero-order valence-corrected chi connectivity index (χ0v) is 15.1. The molecule has 1 heterocycles. The third kappa shape index (κ3) is 4.01. The average molecular weight is 365 g/mol. The molecule has 0 atom stereocenters. The van der Waals surface area contributed by atoms with Crippen molar-refractivity contribution in [2.45, 2.75) is 6.42 Å². The van der Waals surface area contributed by atoms with Crippen molar-refractivity contribution in [2.24, 2.45) is 4.99 Å². The molecular weight excluding hydrogens is 347 g/mol. The van der Waals surface area contributed by atoms with Crippen molar-refractivity contribution in [3.63, 3.8) is 0 Å². The largest absolute Gasteiger partial charge is 0.454 e. The predicted molar refractivity (Wildman–Crippen MR) is 98.5 cm³/mol. The Bertz CT molecular complexity index is 776. The number of benzene rings is 2. The van der Waals surface area contributed by atoms with Gasteiger partial charge in [-0.15, -0.1) is 0 Å². The van der Waals surface area contributed by atoms with Crippen LogP contribution in [0.4, 0.5) is 5.69 Å². The number of aliphatic imine (C=N–C) groups is 1. The van der Waals surface area contributed by atoms with Crippen LogP contribution in [0.15, 0.2) is 35.3 Å². The number of hydrogen-bond acceptors (Lipinski definition) is 4. The van der Waals surface area contributed by atoms with Crippen molar-refractivity contribution in [2.75, 3.05) is 27.4 Å². The summed E-state index contributed by atoms with van der Waals surface area (Å²) in [7, 11) is 4.09. The number of likely N-dealkylation sites (N-methyl/N-ethyl adjacent to an activating group) is 1. The summed E-state index contributed by atoms with van der Waals surface area (Å²) in [6, 6.07) is 9.36. The first-order valence-corrected chi connectivity index (χ1v) is 8.35. The SMILES string of the molecule is CN(C)CCc1cc2c(cc1N=Cc1ccc(Cl)c(Cl)c1)OCO2. The molecule has 126 valence electrons. The van der Waals surface area contributed by atoms with E-state index in [-0.39, 0.29) is 6.79 Å². The van der Waals surface area contributed by atoms with Gasteiger partial charge in [-0.2, -0.15) is 0 Å². The van der Waals surface area contributed by atoms with Gasteiger partial charge in [0, 0.05) is 18.8 Å². The fourth-order valence-corrected chi connectivity index (χ4v) is 2.68. The molecule has 6 heteroatoms. The highest BCUT2D eigenvalue weighted by atomic mass is 35.5. The lowest BCUT2D eigenvalue weighted by molar-refractivity contribution is 0.174. The second-order valence-electron chi connectivity index (χ2n) is 5.82. The van der Waals surface area contributed by atoms with E-state index in [4.69, 9.17) is 32.7 Å². The zero-order valence-electron chi connectivity index (χ0n) is 13.6. The van der Waals surface area contributed by atoms with Gasteiger partial charge in [0.25, 0.3) is 0 Å². The van der Waals surface area contributed by atoms with Crippen LogP contribution in [-0.2, 0) is 6.42 Å². The van der Waals surface area contributed by atoms with E-state index in [9.17, 15) is 0 Å². The molecule has 0 aromatic heterocycles. The molecule has 0 aliphatic carbocycles. The summed E-state index contributed by atoms with van der Waals surface area (Å²) >= 11 is 12.0. The number of nitrogens with zero attached hydrogens (tertiary/aromatic N) is 2. The van der Waals surface area contributed by atoms with Crippen molar-refractivity contribution in [1.29, 1.82) is 0 Å². The third-order valence-electron chi connectivity index (χ3n) is 3.70. The molecule has 0 bridgehead atoms. The maximum absolute atomic E-state index is 6.05. The zero-order chi connectivity index (χ0) is 17.1. The summed E-state index contributed by atoms with van der Waals surface area (Å²) in [5, 5.41) is 1.04. The van der Waals surface area contributed by atoms with Gasteiger partial charge < -0.3 is 14.4 Å². The second-order valence-corrected chi connectivity index (χ2v) is 6.63. The van der Waals surface area contributed by atoms with Gasteiger partial charge in [0.2, 0.25) is 6.79 Å². The fraction of sp³-hybridized carbons (Fsp3) is 0.278. The van der Waals surface area contributed by atoms with Crippen LogP contribution in [-0.4, -0.2) is 38.5 Å². The molecule has 2 aromatic carbocycles. The van der Waals surface area contributed by atoms with Crippen LogP contribution in [0, 0.1) is 0 Å². The van der Waals surface area contributed by atoms with Gasteiger partial charge >= 0.3 is 0 Å². The summed E-state index contributed by atoms with van der Waals surface area (Å²) < 4.78 is 10.9. The van der Waals surface area contributed by atoms with Gasteiger partial charge in [0.05, 0.1) is 15.7 Å². The van der Waals surface area contributed by atoms with E-state index in [1.165, 1.54) is 0 Å². The maximum atomic E-state index is 6.05. The van der Waals surface area contributed by atoms with Crippen LogP contribution in [0.25, 0.3) is 0 Å². The van der Waals surface area contributed by atoms with E-state index >= 15 is 0 Å². The lowest BCUT2D eigenvalue weighted by atomic mass is 10.1. The van der Waals surface area contributed by atoms with Crippen molar-refractivity contribution in [3.8, 4) is 11.5 Å². The maximum Gasteiger partial charge on any atom is 0.231 e. The van der Waals surface area contributed by atoms with Crippen molar-refractivity contribution >= 4 is 35.1 Å². The number of fused-ring (bicyclic) bond motifs is 1. The summed E-state index contributed by atoms with van der Waals surface area (Å²) in [4.78, 5) is 6.76. The summed E-state index contributed by atoms with van der Waals surface area (Å²) in [5.41, 5.74) is 2.87. The van der Waals surface area contributed by atoms with Crippen molar-refractivity contribution < 1.29 is 9.47 Å². The van der Waals surface area contributed by atoms with E-state index in [0.29, 0.717) is 10.0 Å². The molecule has 3 rings (SSSR count). The smallest absolute Gasteiger partial charge is 0.231 e. The highest BCUT2D eigenvalue weighted by Crippen LogP contribution is 2.38. The van der Waals surface area contributed by atoms with Gasteiger partial charge in [0.15, 0.2) is 11.5 Å². The molecule has 0 spiro atoms. The molecule has 1 aliphatic heterocycles. The lowest BCUT2D eigenvalue weighted by Crippen LogP contribution is -2.15. The highest BCUT2D eigenvalue weighted by molar-refractivity contribution is 6.42. The van der Waals surface area contributed by atoms with E-state index in [2.05, 4.69) is 9.89 Å². The van der Waals surface area contributed by atoms with Crippen LogP contribution in [0.2, 0.25) is 10.0 Å². The minimum Gasteiger partial charge on any atom is -0.454 e. The fourth-order valence-electron chi connectivity index (χ4n) is 2.37. The molecule has 24 heavy (non-hydrogen) atoms. The number of halogens is 2. The van der Waals surface area contributed by atoms with Crippen LogP contribution < -0.4 is 9.47 Å². The normalized spacial score (nSPS) is 13.2. The Kier molecular flexibility index (Phi) is 5.29. The lowest BCUT2D eigenvalue weighted by Gasteiger charge is -2.12. The van der Waals surface area contributed by atoms with Crippen LogP contribution in [0.1, 0.15) is 11.1 Å². The molecule has 0 unspecified atom stereocenters. The molecular formula is C18H18Cl2N2O2. The Morgan fingerprint density at radius 2 is 1.83 bits per heavy atom. The van der Waals surface area contributed by atoms with Crippen molar-refractivity contribution in [3.05, 3.63) is 51.5 Å². The van der Waals surface area contributed by atoms with E-state index < -0.39 is 0 Å². The van der Waals surface area contributed by atoms with Gasteiger partial charge in [0.1, 0.15) is 0 Å². The monoisotopic (exact) mass is 364 g/mol. The standard InChI is InChI=1S/C18H18Cl2N2O2/c1-22(2)6-5-13-8-17-18(24-11-23-17)9-16(13)21-10-12-3-4-14(19)15(20)7-12/h3-4,7-10H,5-6,11H2,1-2H3. The molecule has 0 saturated carbocycles. The Balaban J connectivity index is 1.90. The highest BCUT2D eigenvalue weighted by Gasteiger charge is 2.17. The summed E-state index contributed by atoms with van der Waals surface area (Å²) in [6.07, 6.45) is 2.65. The molecule has 1 aliphatic rings. The quantitative estimate of drug-likeness (QED) is 0.728. The Morgan fingerprint density at radius 1 is 1.08 bits per heavy atom. The number of rotatable bonds is 5. The average Bonchev–Trinajstić information content (AvgIpc) is 3.00. The summed E-state index contributed by atoms with van der Waals surface area (Å²) in [6.45, 7) is 1.18. The van der Waals surface area contributed by atoms with Gasteiger partial charge in [-0.05, 0) is 49.8 Å².